The summed E-state index contributed by atoms with van der Waals surface area (Å²) in [5.41, 5.74) is 2.36. The number of Topliss-reactive ketones (excluding diaryl/α,β-unsaturated/α-hetero) is 1. The van der Waals surface area contributed by atoms with E-state index in [-0.39, 0.29) is 11.2 Å². The topological polar surface area (TPSA) is 37.3 Å². The Hall–Kier alpha value is -1.15. The largest absolute Gasteiger partial charge is 0.385 e. The molecule has 0 amide bonds. The summed E-state index contributed by atoms with van der Waals surface area (Å²) < 4.78 is 0. The number of hydrogen-bond acceptors (Lipinski definition) is 2. The summed E-state index contributed by atoms with van der Waals surface area (Å²) in [5.74, 6) is -0.0830. The highest BCUT2D eigenvalue weighted by Crippen LogP contribution is 2.22. The Bertz CT molecular complexity index is 385. The number of carbonyl (C=O) groups excluding carboxylic acids is 1. The van der Waals surface area contributed by atoms with E-state index >= 15 is 0 Å². The van der Waals surface area contributed by atoms with Crippen LogP contribution in [0.15, 0.2) is 24.3 Å². The third kappa shape index (κ3) is 4.26. The Balaban J connectivity index is 2.67. The molecule has 0 aliphatic rings. The summed E-state index contributed by atoms with van der Waals surface area (Å²) in [5, 5.41) is 9.61. The van der Waals surface area contributed by atoms with Crippen molar-refractivity contribution in [3.63, 3.8) is 0 Å². The van der Waals surface area contributed by atoms with Gasteiger partial charge in [0.05, 0.1) is 0 Å². The van der Waals surface area contributed by atoms with Gasteiger partial charge >= 0.3 is 0 Å². The van der Waals surface area contributed by atoms with Crippen LogP contribution in [0.2, 0.25) is 0 Å². The van der Waals surface area contributed by atoms with Crippen LogP contribution in [0.3, 0.4) is 0 Å². The van der Waals surface area contributed by atoms with Gasteiger partial charge in [0.25, 0.3) is 0 Å². The highest BCUT2D eigenvalue weighted by atomic mass is 16.3. The second-order valence-corrected chi connectivity index (χ2v) is 5.89. The molecule has 0 fully saturated rings. The van der Waals surface area contributed by atoms with Crippen molar-refractivity contribution in [3.8, 4) is 0 Å². The molecule has 2 heteroatoms. The quantitative estimate of drug-likeness (QED) is 0.868. The number of benzene rings is 1. The molecule has 1 N–H and O–H groups in total. The lowest BCUT2D eigenvalue weighted by molar-refractivity contribution is -0.126. The Morgan fingerprint density at radius 1 is 1.22 bits per heavy atom. The van der Waals surface area contributed by atoms with Crippen LogP contribution in [-0.2, 0) is 16.6 Å². The zero-order valence-corrected chi connectivity index (χ0v) is 11.9. The highest BCUT2D eigenvalue weighted by Gasteiger charge is 2.16. The standard InChI is InChI=1S/C16H24O2/c1-5-6-14(17)15(18)11-12-7-9-13(10-8-12)16(2,3)4/h7-10,14,17H,5-6,11H2,1-4H3. The van der Waals surface area contributed by atoms with Gasteiger partial charge in [-0.25, -0.2) is 0 Å². The molecule has 0 radical (unpaired) electrons. The van der Waals surface area contributed by atoms with Crippen LogP contribution in [0.1, 0.15) is 51.7 Å². The molecule has 0 saturated heterocycles. The Morgan fingerprint density at radius 2 is 1.78 bits per heavy atom. The lowest BCUT2D eigenvalue weighted by Crippen LogP contribution is -2.22. The molecule has 100 valence electrons. The van der Waals surface area contributed by atoms with Gasteiger partial charge < -0.3 is 5.11 Å². The Kier molecular flexibility index (Phi) is 5.09. The highest BCUT2D eigenvalue weighted by molar-refractivity contribution is 5.84. The van der Waals surface area contributed by atoms with Crippen LogP contribution >= 0.6 is 0 Å². The van der Waals surface area contributed by atoms with Crippen LogP contribution in [0.4, 0.5) is 0 Å². The van der Waals surface area contributed by atoms with Gasteiger partial charge in [-0.2, -0.15) is 0 Å². The summed E-state index contributed by atoms with van der Waals surface area (Å²) in [6, 6.07) is 8.10. The van der Waals surface area contributed by atoms with E-state index in [0.29, 0.717) is 12.8 Å². The third-order valence-electron chi connectivity index (χ3n) is 3.13. The van der Waals surface area contributed by atoms with Gasteiger partial charge in [0.2, 0.25) is 0 Å². The van der Waals surface area contributed by atoms with Crippen molar-refractivity contribution in [2.45, 2.75) is 58.5 Å². The van der Waals surface area contributed by atoms with Gasteiger partial charge in [0, 0.05) is 6.42 Å². The molecule has 1 unspecified atom stereocenters. The molecule has 1 rings (SSSR count). The summed E-state index contributed by atoms with van der Waals surface area (Å²) in [6.07, 6.45) is 0.901. The van der Waals surface area contributed by atoms with Crippen LogP contribution in [0.5, 0.6) is 0 Å². The molecule has 2 nitrogen and oxygen atoms in total. The fourth-order valence-corrected chi connectivity index (χ4v) is 1.88. The SMILES string of the molecule is CCCC(O)C(=O)Cc1ccc(C(C)(C)C)cc1. The minimum absolute atomic E-state index is 0.0830. The predicted octanol–water partition coefficient (Wildman–Crippen LogP) is 3.26. The van der Waals surface area contributed by atoms with Crippen molar-refractivity contribution < 1.29 is 9.90 Å². The van der Waals surface area contributed by atoms with Gasteiger partial charge in [-0.15, -0.1) is 0 Å². The van der Waals surface area contributed by atoms with Gasteiger partial charge in [-0.05, 0) is 23.0 Å². The molecule has 0 heterocycles. The lowest BCUT2D eigenvalue weighted by atomic mass is 9.86. The number of ketones is 1. The molecule has 0 aliphatic heterocycles. The van der Waals surface area contributed by atoms with Crippen molar-refractivity contribution in [2.75, 3.05) is 0 Å². The first kappa shape index (κ1) is 14.9. The Morgan fingerprint density at radius 3 is 2.22 bits per heavy atom. The van der Waals surface area contributed by atoms with E-state index in [1.807, 2.05) is 19.1 Å². The van der Waals surface area contributed by atoms with E-state index < -0.39 is 6.10 Å². The van der Waals surface area contributed by atoms with Crippen LogP contribution in [0.25, 0.3) is 0 Å². The van der Waals surface area contributed by atoms with E-state index in [1.54, 1.807) is 0 Å². The summed E-state index contributed by atoms with van der Waals surface area (Å²) in [4.78, 5) is 11.7. The summed E-state index contributed by atoms with van der Waals surface area (Å²) >= 11 is 0. The first-order chi connectivity index (χ1) is 8.34. The third-order valence-corrected chi connectivity index (χ3v) is 3.13. The molecule has 0 bridgehead atoms. The van der Waals surface area contributed by atoms with Crippen LogP contribution in [0, 0.1) is 0 Å². The lowest BCUT2D eigenvalue weighted by Gasteiger charge is -2.19. The number of rotatable bonds is 5. The first-order valence-electron chi connectivity index (χ1n) is 6.64. The Labute approximate surface area is 110 Å². The van der Waals surface area contributed by atoms with Gasteiger partial charge in [-0.3, -0.25) is 4.79 Å². The number of hydrogen-bond donors (Lipinski definition) is 1. The van der Waals surface area contributed by atoms with Gasteiger partial charge in [-0.1, -0.05) is 58.4 Å². The normalized spacial score (nSPS) is 13.4. The average molecular weight is 248 g/mol. The van der Waals surface area contributed by atoms with Crippen molar-refractivity contribution in [1.82, 2.24) is 0 Å². The predicted molar refractivity (Wildman–Crippen MR) is 74.8 cm³/mol. The molecular weight excluding hydrogens is 224 g/mol. The van der Waals surface area contributed by atoms with Crippen molar-refractivity contribution in [2.24, 2.45) is 0 Å². The smallest absolute Gasteiger partial charge is 0.165 e. The second-order valence-electron chi connectivity index (χ2n) is 5.89. The molecule has 1 aromatic carbocycles. The zero-order chi connectivity index (χ0) is 13.8. The molecule has 0 aliphatic carbocycles. The molecule has 1 atom stereocenters. The zero-order valence-electron chi connectivity index (χ0n) is 11.9. The van der Waals surface area contributed by atoms with Crippen molar-refractivity contribution >= 4 is 5.78 Å². The van der Waals surface area contributed by atoms with E-state index in [0.717, 1.165) is 12.0 Å². The van der Waals surface area contributed by atoms with E-state index in [4.69, 9.17) is 0 Å². The van der Waals surface area contributed by atoms with Gasteiger partial charge in [0.1, 0.15) is 6.10 Å². The monoisotopic (exact) mass is 248 g/mol. The molecule has 0 saturated carbocycles. The second kappa shape index (κ2) is 6.14. The van der Waals surface area contributed by atoms with E-state index in [1.165, 1.54) is 5.56 Å². The maximum Gasteiger partial charge on any atom is 0.165 e. The molecule has 0 aromatic heterocycles. The van der Waals surface area contributed by atoms with E-state index in [2.05, 4.69) is 32.9 Å². The van der Waals surface area contributed by atoms with Crippen LogP contribution in [-0.4, -0.2) is 17.0 Å². The summed E-state index contributed by atoms with van der Waals surface area (Å²) in [6.45, 7) is 8.46. The van der Waals surface area contributed by atoms with Crippen molar-refractivity contribution in [1.29, 1.82) is 0 Å². The molecular formula is C16H24O2. The molecule has 18 heavy (non-hydrogen) atoms. The minimum Gasteiger partial charge on any atom is -0.385 e. The van der Waals surface area contributed by atoms with Gasteiger partial charge in [0.15, 0.2) is 5.78 Å². The number of aliphatic hydroxyl groups is 1. The first-order valence-corrected chi connectivity index (χ1v) is 6.64. The average Bonchev–Trinajstić information content (AvgIpc) is 2.28. The van der Waals surface area contributed by atoms with Crippen molar-refractivity contribution in [3.05, 3.63) is 35.4 Å². The number of carbonyl (C=O) groups is 1. The fourth-order valence-electron chi connectivity index (χ4n) is 1.88. The molecule has 0 spiro atoms. The maximum absolute atomic E-state index is 11.7. The molecule has 1 aromatic rings. The number of aliphatic hydroxyl groups excluding tert-OH is 1. The van der Waals surface area contributed by atoms with E-state index in [9.17, 15) is 9.90 Å². The minimum atomic E-state index is -0.808. The van der Waals surface area contributed by atoms with Crippen LogP contribution < -0.4 is 0 Å². The summed E-state index contributed by atoms with van der Waals surface area (Å²) in [7, 11) is 0. The maximum atomic E-state index is 11.7. The fraction of sp³-hybridized carbons (Fsp3) is 0.562.